The van der Waals surface area contributed by atoms with Gasteiger partial charge in [-0.15, -0.1) is 11.3 Å². The maximum Gasteiger partial charge on any atom is 0.266 e. The number of sulfonamides is 1. The van der Waals surface area contributed by atoms with E-state index in [1.54, 1.807) is 12.1 Å². The molecule has 4 rings (SSSR count). The van der Waals surface area contributed by atoms with Crippen molar-refractivity contribution in [2.75, 3.05) is 11.3 Å². The van der Waals surface area contributed by atoms with E-state index in [-0.39, 0.29) is 34.4 Å². The zero-order valence-corrected chi connectivity index (χ0v) is 22.1. The zero-order valence-electron chi connectivity index (χ0n) is 19.7. The van der Waals surface area contributed by atoms with E-state index in [0.29, 0.717) is 0 Å². The minimum atomic E-state index is -4.24. The Labute approximate surface area is 218 Å². The summed E-state index contributed by atoms with van der Waals surface area (Å²) < 4.78 is 62.2. The first kappa shape index (κ1) is 26.5. The number of aromatic nitrogens is 1. The normalized spacial score (nSPS) is 19.0. The lowest BCUT2D eigenvalue weighted by Gasteiger charge is -2.37. The average molecular weight is 554 g/mol. The van der Waals surface area contributed by atoms with Crippen LogP contribution in [0, 0.1) is 17.6 Å². The van der Waals surface area contributed by atoms with Gasteiger partial charge in [0.25, 0.3) is 10.0 Å². The molecule has 0 saturated heterocycles. The van der Waals surface area contributed by atoms with Gasteiger partial charge in [0.2, 0.25) is 0 Å². The molecule has 36 heavy (non-hydrogen) atoms. The van der Waals surface area contributed by atoms with Crippen molar-refractivity contribution in [1.29, 1.82) is 0 Å². The van der Waals surface area contributed by atoms with Gasteiger partial charge in [-0.05, 0) is 55.6 Å². The van der Waals surface area contributed by atoms with Gasteiger partial charge in [0, 0.05) is 23.4 Å². The van der Waals surface area contributed by atoms with Crippen LogP contribution in [0.2, 0.25) is 5.02 Å². The number of anilines is 1. The molecule has 0 saturated carbocycles. The van der Waals surface area contributed by atoms with Crippen LogP contribution in [0.5, 0.6) is 5.75 Å². The molecular weight excluding hydrogens is 528 g/mol. The molecule has 3 atom stereocenters. The van der Waals surface area contributed by atoms with Crippen LogP contribution in [0.3, 0.4) is 0 Å². The van der Waals surface area contributed by atoms with Crippen LogP contribution < -0.4 is 14.8 Å². The van der Waals surface area contributed by atoms with E-state index in [9.17, 15) is 17.2 Å². The highest BCUT2D eigenvalue weighted by Gasteiger charge is 2.34. The van der Waals surface area contributed by atoms with E-state index in [4.69, 9.17) is 16.3 Å². The van der Waals surface area contributed by atoms with Gasteiger partial charge in [-0.25, -0.2) is 22.2 Å². The van der Waals surface area contributed by atoms with Crippen molar-refractivity contribution < 1.29 is 21.9 Å². The van der Waals surface area contributed by atoms with Gasteiger partial charge in [0.15, 0.2) is 5.82 Å². The van der Waals surface area contributed by atoms with Crippen molar-refractivity contribution in [1.82, 2.24) is 10.3 Å². The molecule has 2 aromatic carbocycles. The molecule has 1 heterocycles. The summed E-state index contributed by atoms with van der Waals surface area (Å²) in [7, 11) is -4.24. The van der Waals surface area contributed by atoms with Crippen molar-refractivity contribution in [2.24, 2.45) is 5.92 Å². The molecular formula is C25H26ClF2N3O3S2. The fourth-order valence-corrected chi connectivity index (χ4v) is 6.43. The van der Waals surface area contributed by atoms with Gasteiger partial charge >= 0.3 is 0 Å². The summed E-state index contributed by atoms with van der Waals surface area (Å²) in [6.45, 7) is 4.63. The van der Waals surface area contributed by atoms with Gasteiger partial charge < -0.3 is 10.1 Å². The third kappa shape index (κ3) is 5.88. The summed E-state index contributed by atoms with van der Waals surface area (Å²) in [6.07, 6.45) is 3.38. The minimum absolute atomic E-state index is 0.0357. The number of hydrogen-bond acceptors (Lipinski definition) is 6. The fourth-order valence-electron chi connectivity index (χ4n) is 4.51. The Hall–Kier alpha value is -2.53. The lowest BCUT2D eigenvalue weighted by Crippen LogP contribution is -2.45. The van der Waals surface area contributed by atoms with Crippen LogP contribution in [0.15, 0.2) is 58.3 Å². The highest BCUT2D eigenvalue weighted by Crippen LogP contribution is 2.39. The van der Waals surface area contributed by atoms with E-state index in [2.05, 4.69) is 21.1 Å². The Morgan fingerprint density at radius 3 is 2.67 bits per heavy atom. The number of halogens is 3. The van der Waals surface area contributed by atoms with E-state index < -0.39 is 26.8 Å². The number of nitrogens with one attached hydrogen (secondary N) is 2. The Bertz CT molecular complexity index is 1330. The first-order valence-electron chi connectivity index (χ1n) is 11.5. The van der Waals surface area contributed by atoms with E-state index in [0.717, 1.165) is 42.7 Å². The second-order valence-electron chi connectivity index (χ2n) is 8.45. The largest absolute Gasteiger partial charge is 0.488 e. The number of thiazole rings is 1. The summed E-state index contributed by atoms with van der Waals surface area (Å²) >= 11 is 7.57. The van der Waals surface area contributed by atoms with E-state index in [1.807, 2.05) is 13.8 Å². The Morgan fingerprint density at radius 1 is 1.25 bits per heavy atom. The Kier molecular flexibility index (Phi) is 8.29. The second kappa shape index (κ2) is 11.2. The van der Waals surface area contributed by atoms with Crippen molar-refractivity contribution in [3.05, 3.63) is 75.6 Å². The second-order valence-corrected chi connectivity index (χ2v) is 11.2. The van der Waals surface area contributed by atoms with Crippen LogP contribution in [0.25, 0.3) is 5.57 Å². The molecule has 1 aromatic heterocycles. The van der Waals surface area contributed by atoms with E-state index >= 15 is 0 Å². The summed E-state index contributed by atoms with van der Waals surface area (Å²) in [5, 5.41) is 4.95. The van der Waals surface area contributed by atoms with Gasteiger partial charge in [0.05, 0.1) is 10.5 Å². The maximum atomic E-state index is 15.0. The highest BCUT2D eigenvalue weighted by molar-refractivity contribution is 7.92. The fraction of sp³-hybridized carbons (Fsp3) is 0.320. The van der Waals surface area contributed by atoms with Crippen molar-refractivity contribution in [2.45, 2.75) is 43.7 Å². The summed E-state index contributed by atoms with van der Waals surface area (Å²) in [5.41, 5.74) is 3.34. The molecule has 0 spiro atoms. The zero-order chi connectivity index (χ0) is 25.9. The third-order valence-electron chi connectivity index (χ3n) is 6.04. The number of ether oxygens (including phenoxy) is 1. The third-order valence-corrected chi connectivity index (χ3v) is 8.30. The molecule has 11 heteroatoms. The summed E-state index contributed by atoms with van der Waals surface area (Å²) in [5.74, 6) is -1.32. The predicted octanol–water partition coefficient (Wildman–Crippen LogP) is 6.11. The van der Waals surface area contributed by atoms with Crippen LogP contribution in [-0.2, 0) is 10.0 Å². The van der Waals surface area contributed by atoms with Crippen LogP contribution in [0.1, 0.15) is 32.3 Å². The molecule has 3 aromatic rings. The van der Waals surface area contributed by atoms with Crippen LogP contribution in [-0.4, -0.2) is 32.1 Å². The molecule has 0 aliphatic heterocycles. The topological polar surface area (TPSA) is 80.3 Å². The predicted molar refractivity (Wildman–Crippen MR) is 139 cm³/mol. The van der Waals surface area contributed by atoms with Crippen molar-refractivity contribution >= 4 is 44.4 Å². The summed E-state index contributed by atoms with van der Waals surface area (Å²) in [6, 6.07) is 8.39. The van der Waals surface area contributed by atoms with E-state index in [1.165, 1.54) is 34.4 Å². The molecule has 0 bridgehead atoms. The van der Waals surface area contributed by atoms with Gasteiger partial charge in [0.1, 0.15) is 28.4 Å². The summed E-state index contributed by atoms with van der Waals surface area (Å²) in [4.78, 5) is 3.26. The number of hydrogen-bond donors (Lipinski definition) is 2. The molecule has 0 fully saturated rings. The van der Waals surface area contributed by atoms with Crippen molar-refractivity contribution in [3.8, 4) is 5.75 Å². The number of nitrogens with zero attached hydrogens (tertiary/aromatic N) is 1. The molecule has 0 radical (unpaired) electrons. The van der Waals surface area contributed by atoms with Crippen LogP contribution in [0.4, 0.5) is 14.6 Å². The SMILES string of the molecule is CCNC1CCC=C(c2ccc(F)cc2)C1C(C)Oc1cc(F)c(S(=O)(=O)Nc2cscn2)cc1Cl. The molecule has 2 N–H and O–H groups in total. The minimum Gasteiger partial charge on any atom is -0.488 e. The lowest BCUT2D eigenvalue weighted by molar-refractivity contribution is 0.149. The molecule has 3 unspecified atom stereocenters. The smallest absolute Gasteiger partial charge is 0.266 e. The number of allylic oxidation sites excluding steroid dienone is 1. The maximum absolute atomic E-state index is 15.0. The lowest BCUT2D eigenvalue weighted by atomic mass is 9.77. The molecule has 0 amide bonds. The first-order chi connectivity index (χ1) is 17.2. The highest BCUT2D eigenvalue weighted by atomic mass is 35.5. The Morgan fingerprint density at radius 2 is 2.00 bits per heavy atom. The van der Waals surface area contributed by atoms with Gasteiger partial charge in [-0.3, -0.25) is 4.72 Å². The molecule has 1 aliphatic carbocycles. The monoisotopic (exact) mass is 553 g/mol. The first-order valence-corrected chi connectivity index (χ1v) is 14.3. The average Bonchev–Trinajstić information content (AvgIpc) is 3.34. The quantitative estimate of drug-likeness (QED) is 0.334. The standard InChI is InChI=1S/C25H26ClF2N3O3S2/c1-3-29-21-6-4-5-18(16-7-9-17(27)10-8-16)25(21)15(2)34-22-12-20(28)23(11-19(22)26)36(32,33)31-24-13-35-14-30-24/h5,7-15,21,25,29,31H,3-4,6H2,1-2H3. The molecule has 1 aliphatic rings. The van der Waals surface area contributed by atoms with Gasteiger partial charge in [-0.1, -0.05) is 36.7 Å². The number of benzene rings is 2. The van der Waals surface area contributed by atoms with Gasteiger partial charge in [-0.2, -0.15) is 0 Å². The Balaban J connectivity index is 1.61. The molecule has 192 valence electrons. The van der Waals surface area contributed by atoms with Crippen molar-refractivity contribution in [3.63, 3.8) is 0 Å². The molecule has 6 nitrogen and oxygen atoms in total. The van der Waals surface area contributed by atoms with Crippen LogP contribution >= 0.6 is 22.9 Å². The number of rotatable bonds is 9.